The molecular formula is C12H17BrN2O. The molecule has 0 aliphatic rings. The average molecular weight is 285 g/mol. The van der Waals surface area contributed by atoms with Crippen molar-refractivity contribution in [1.82, 2.24) is 0 Å². The number of halogens is 1. The second-order valence-corrected chi connectivity index (χ2v) is 4.75. The number of carbonyl (C=O) groups is 1. The zero-order chi connectivity index (χ0) is 12.1. The van der Waals surface area contributed by atoms with E-state index in [0.29, 0.717) is 17.8 Å². The van der Waals surface area contributed by atoms with Crippen molar-refractivity contribution in [3.8, 4) is 0 Å². The molecule has 3 nitrogen and oxygen atoms in total. The Morgan fingerprint density at radius 3 is 2.81 bits per heavy atom. The highest BCUT2D eigenvalue weighted by molar-refractivity contribution is 9.10. The fraction of sp³-hybridized carbons (Fsp3) is 0.417. The molecule has 0 aliphatic carbocycles. The van der Waals surface area contributed by atoms with E-state index in [4.69, 9.17) is 5.73 Å². The van der Waals surface area contributed by atoms with Crippen molar-refractivity contribution in [3.63, 3.8) is 0 Å². The highest BCUT2D eigenvalue weighted by atomic mass is 79.9. The molecule has 1 amide bonds. The summed E-state index contributed by atoms with van der Waals surface area (Å²) in [4.78, 5) is 11.6. The lowest BCUT2D eigenvalue weighted by Crippen LogP contribution is -2.12. The minimum Gasteiger partial charge on any atom is -0.397 e. The lowest BCUT2D eigenvalue weighted by Gasteiger charge is -2.10. The minimum absolute atomic E-state index is 0.0195. The van der Waals surface area contributed by atoms with Crippen molar-refractivity contribution in [1.29, 1.82) is 0 Å². The van der Waals surface area contributed by atoms with Crippen LogP contribution in [0.1, 0.15) is 31.7 Å². The summed E-state index contributed by atoms with van der Waals surface area (Å²) in [5.41, 5.74) is 8.17. The zero-order valence-corrected chi connectivity index (χ0v) is 11.2. The van der Waals surface area contributed by atoms with Gasteiger partial charge in [-0.3, -0.25) is 4.79 Å². The van der Waals surface area contributed by atoms with E-state index in [2.05, 4.69) is 28.2 Å². The number of unbranched alkanes of at least 4 members (excludes halogenated alkanes) is 1. The topological polar surface area (TPSA) is 55.1 Å². The van der Waals surface area contributed by atoms with Gasteiger partial charge in [-0.25, -0.2) is 0 Å². The lowest BCUT2D eigenvalue weighted by molar-refractivity contribution is -0.116. The van der Waals surface area contributed by atoms with Crippen LogP contribution in [0.4, 0.5) is 11.4 Å². The summed E-state index contributed by atoms with van der Waals surface area (Å²) in [5.74, 6) is 0.0195. The van der Waals surface area contributed by atoms with Crippen LogP contribution in [0.2, 0.25) is 0 Å². The predicted molar refractivity (Wildman–Crippen MR) is 71.4 cm³/mol. The van der Waals surface area contributed by atoms with Crippen LogP contribution in [0.5, 0.6) is 0 Å². The van der Waals surface area contributed by atoms with Crippen LogP contribution in [0.15, 0.2) is 16.6 Å². The predicted octanol–water partition coefficient (Wildman–Crippen LogP) is 3.47. The van der Waals surface area contributed by atoms with Crippen molar-refractivity contribution in [2.75, 3.05) is 11.1 Å². The van der Waals surface area contributed by atoms with Crippen LogP contribution in [0, 0.1) is 6.92 Å². The maximum Gasteiger partial charge on any atom is 0.224 e. The second-order valence-electron chi connectivity index (χ2n) is 3.84. The number of nitrogens with one attached hydrogen (secondary N) is 1. The SMILES string of the molecule is CCCCC(=O)Nc1cc(Br)cc(C)c1N. The molecule has 3 N–H and O–H groups in total. The van der Waals surface area contributed by atoms with Crippen molar-refractivity contribution >= 4 is 33.2 Å². The number of anilines is 2. The Balaban J connectivity index is 2.77. The van der Waals surface area contributed by atoms with Crippen LogP contribution in [0.3, 0.4) is 0 Å². The van der Waals surface area contributed by atoms with Gasteiger partial charge in [0.1, 0.15) is 0 Å². The van der Waals surface area contributed by atoms with Crippen molar-refractivity contribution in [2.45, 2.75) is 33.1 Å². The molecule has 0 saturated heterocycles. The normalized spacial score (nSPS) is 10.2. The molecular weight excluding hydrogens is 268 g/mol. The van der Waals surface area contributed by atoms with E-state index in [1.165, 1.54) is 0 Å². The maximum atomic E-state index is 11.6. The molecule has 0 fully saturated rings. The van der Waals surface area contributed by atoms with Crippen LogP contribution < -0.4 is 11.1 Å². The van der Waals surface area contributed by atoms with Gasteiger partial charge < -0.3 is 11.1 Å². The maximum absolute atomic E-state index is 11.6. The van der Waals surface area contributed by atoms with Crippen LogP contribution >= 0.6 is 15.9 Å². The Kier molecular flexibility index (Phi) is 4.80. The van der Waals surface area contributed by atoms with Gasteiger partial charge in [0.2, 0.25) is 5.91 Å². The third-order valence-electron chi connectivity index (χ3n) is 2.38. The molecule has 0 heterocycles. The third-order valence-corrected chi connectivity index (χ3v) is 2.84. The van der Waals surface area contributed by atoms with E-state index in [-0.39, 0.29) is 5.91 Å². The summed E-state index contributed by atoms with van der Waals surface area (Å²) >= 11 is 3.38. The quantitative estimate of drug-likeness (QED) is 0.832. The molecule has 0 spiro atoms. The molecule has 16 heavy (non-hydrogen) atoms. The van der Waals surface area contributed by atoms with E-state index < -0.39 is 0 Å². The fourth-order valence-electron chi connectivity index (χ4n) is 1.41. The lowest BCUT2D eigenvalue weighted by atomic mass is 10.1. The van der Waals surface area contributed by atoms with E-state index >= 15 is 0 Å². The Morgan fingerprint density at radius 2 is 2.19 bits per heavy atom. The first kappa shape index (κ1) is 13.0. The number of hydrogen-bond donors (Lipinski definition) is 2. The van der Waals surface area contributed by atoms with Crippen molar-refractivity contribution < 1.29 is 4.79 Å². The van der Waals surface area contributed by atoms with Gasteiger partial charge in [-0.05, 0) is 31.0 Å². The summed E-state index contributed by atoms with van der Waals surface area (Å²) in [5, 5.41) is 2.83. The van der Waals surface area contributed by atoms with E-state index in [1.54, 1.807) is 0 Å². The summed E-state index contributed by atoms with van der Waals surface area (Å²) in [6.07, 6.45) is 2.46. The number of hydrogen-bond acceptors (Lipinski definition) is 2. The molecule has 0 bridgehead atoms. The Hall–Kier alpha value is -1.03. The summed E-state index contributed by atoms with van der Waals surface area (Å²) in [7, 11) is 0. The highest BCUT2D eigenvalue weighted by Crippen LogP contribution is 2.27. The molecule has 0 atom stereocenters. The highest BCUT2D eigenvalue weighted by Gasteiger charge is 2.07. The molecule has 0 saturated carbocycles. The van der Waals surface area contributed by atoms with Crippen molar-refractivity contribution in [2.24, 2.45) is 0 Å². The van der Waals surface area contributed by atoms with Crippen molar-refractivity contribution in [3.05, 3.63) is 22.2 Å². The van der Waals surface area contributed by atoms with Gasteiger partial charge in [0.15, 0.2) is 0 Å². The van der Waals surface area contributed by atoms with Gasteiger partial charge in [-0.1, -0.05) is 29.3 Å². The van der Waals surface area contributed by atoms with E-state index in [1.807, 2.05) is 19.1 Å². The first-order valence-electron chi connectivity index (χ1n) is 5.40. The Labute approximate surface area is 105 Å². The largest absolute Gasteiger partial charge is 0.397 e. The second kappa shape index (κ2) is 5.89. The number of rotatable bonds is 4. The molecule has 0 unspecified atom stereocenters. The Morgan fingerprint density at radius 1 is 1.50 bits per heavy atom. The molecule has 1 rings (SSSR count). The number of benzene rings is 1. The number of nitrogens with two attached hydrogens (primary N) is 1. The standard InChI is InChI=1S/C12H17BrN2O/c1-3-4-5-11(16)15-10-7-9(13)6-8(2)12(10)14/h6-7H,3-5,14H2,1-2H3,(H,15,16). The average Bonchev–Trinajstić information content (AvgIpc) is 2.22. The van der Waals surface area contributed by atoms with E-state index in [9.17, 15) is 4.79 Å². The number of aryl methyl sites for hydroxylation is 1. The molecule has 0 aromatic heterocycles. The molecule has 1 aromatic carbocycles. The van der Waals surface area contributed by atoms with Gasteiger partial charge in [-0.2, -0.15) is 0 Å². The van der Waals surface area contributed by atoms with Gasteiger partial charge >= 0.3 is 0 Å². The van der Waals surface area contributed by atoms with Gasteiger partial charge in [-0.15, -0.1) is 0 Å². The number of carbonyl (C=O) groups excluding carboxylic acids is 1. The molecule has 1 aromatic rings. The van der Waals surface area contributed by atoms with Gasteiger partial charge in [0.05, 0.1) is 11.4 Å². The summed E-state index contributed by atoms with van der Waals surface area (Å²) in [6, 6.07) is 3.75. The monoisotopic (exact) mass is 284 g/mol. The molecule has 0 aliphatic heterocycles. The first-order chi connectivity index (χ1) is 7.54. The smallest absolute Gasteiger partial charge is 0.224 e. The summed E-state index contributed by atoms with van der Waals surface area (Å²) in [6.45, 7) is 3.98. The van der Waals surface area contributed by atoms with Gasteiger partial charge in [0.25, 0.3) is 0 Å². The van der Waals surface area contributed by atoms with Gasteiger partial charge in [0, 0.05) is 10.9 Å². The third kappa shape index (κ3) is 3.52. The van der Waals surface area contributed by atoms with Crippen LogP contribution in [0.25, 0.3) is 0 Å². The fourth-order valence-corrected chi connectivity index (χ4v) is 1.98. The first-order valence-corrected chi connectivity index (χ1v) is 6.19. The molecule has 4 heteroatoms. The zero-order valence-electron chi connectivity index (χ0n) is 9.64. The molecule has 88 valence electrons. The number of nitrogen functional groups attached to an aromatic ring is 1. The number of amides is 1. The minimum atomic E-state index is 0.0195. The Bertz CT molecular complexity index is 391. The van der Waals surface area contributed by atoms with Crippen LogP contribution in [-0.2, 0) is 4.79 Å². The molecule has 0 radical (unpaired) electrons. The summed E-state index contributed by atoms with van der Waals surface area (Å²) < 4.78 is 0.921. The van der Waals surface area contributed by atoms with E-state index in [0.717, 1.165) is 22.9 Å². The van der Waals surface area contributed by atoms with Crippen LogP contribution in [-0.4, -0.2) is 5.91 Å².